The van der Waals surface area contributed by atoms with Crippen molar-refractivity contribution in [3.05, 3.63) is 23.7 Å². The van der Waals surface area contributed by atoms with E-state index in [9.17, 15) is 4.79 Å². The first kappa shape index (κ1) is 10.2. The molecule has 1 aliphatic rings. The topological polar surface area (TPSA) is 62.9 Å². The molecule has 2 rings (SSSR count). The second kappa shape index (κ2) is 4.46. The van der Waals surface area contributed by atoms with Crippen LogP contribution in [0.25, 0.3) is 0 Å². The highest BCUT2D eigenvalue weighted by atomic mass is 16.5. The molecule has 2 heterocycles. The van der Waals surface area contributed by atoms with E-state index in [2.05, 4.69) is 4.90 Å². The van der Waals surface area contributed by atoms with Crippen LogP contribution in [0.1, 0.15) is 16.1 Å². The fourth-order valence-electron chi connectivity index (χ4n) is 1.65. The van der Waals surface area contributed by atoms with Crippen molar-refractivity contribution in [2.45, 2.75) is 6.54 Å². The van der Waals surface area contributed by atoms with Crippen LogP contribution >= 0.6 is 0 Å². The monoisotopic (exact) mass is 211 g/mol. The summed E-state index contributed by atoms with van der Waals surface area (Å²) < 4.78 is 10.1. The molecule has 0 unspecified atom stereocenters. The fraction of sp³-hybridized carbons (Fsp3) is 0.500. The maximum Gasteiger partial charge on any atom is 0.372 e. The van der Waals surface area contributed by atoms with Crippen molar-refractivity contribution in [2.75, 3.05) is 26.3 Å². The van der Waals surface area contributed by atoms with Crippen LogP contribution in [-0.2, 0) is 11.3 Å². The highest BCUT2D eigenvalue weighted by Crippen LogP contribution is 2.14. The Morgan fingerprint density at radius 3 is 2.87 bits per heavy atom. The van der Waals surface area contributed by atoms with Crippen molar-refractivity contribution >= 4 is 5.97 Å². The van der Waals surface area contributed by atoms with Crippen molar-refractivity contribution in [3.8, 4) is 0 Å². The molecule has 0 spiro atoms. The molecule has 82 valence electrons. The molecule has 0 saturated carbocycles. The minimum Gasteiger partial charge on any atom is -0.475 e. The third-order valence-electron chi connectivity index (χ3n) is 2.44. The van der Waals surface area contributed by atoms with Crippen molar-refractivity contribution in [1.82, 2.24) is 4.90 Å². The molecule has 5 heteroatoms. The standard InChI is InChI=1S/C10H13NO4/c12-10(13)9-8(1-4-15-9)7-11-2-5-14-6-3-11/h1,4H,2-3,5-7H2,(H,12,13). The summed E-state index contributed by atoms with van der Waals surface area (Å²) in [7, 11) is 0. The normalized spacial score (nSPS) is 17.9. The van der Waals surface area contributed by atoms with Crippen LogP contribution in [0.2, 0.25) is 0 Å². The van der Waals surface area contributed by atoms with Gasteiger partial charge >= 0.3 is 5.97 Å². The van der Waals surface area contributed by atoms with Gasteiger partial charge < -0.3 is 14.3 Å². The number of furan rings is 1. The molecule has 0 atom stereocenters. The highest BCUT2D eigenvalue weighted by molar-refractivity contribution is 5.86. The molecule has 0 radical (unpaired) electrons. The van der Waals surface area contributed by atoms with Crippen LogP contribution in [0.3, 0.4) is 0 Å². The van der Waals surface area contributed by atoms with E-state index in [0.29, 0.717) is 19.8 Å². The summed E-state index contributed by atoms with van der Waals surface area (Å²) in [6.45, 7) is 3.70. The minimum absolute atomic E-state index is 0.0430. The number of aromatic carboxylic acids is 1. The van der Waals surface area contributed by atoms with Crippen LogP contribution in [0.4, 0.5) is 0 Å². The molecule has 0 bridgehead atoms. The summed E-state index contributed by atoms with van der Waals surface area (Å²) in [4.78, 5) is 12.9. The van der Waals surface area contributed by atoms with Crippen LogP contribution in [0.5, 0.6) is 0 Å². The van der Waals surface area contributed by atoms with Gasteiger partial charge in [0.25, 0.3) is 0 Å². The van der Waals surface area contributed by atoms with Gasteiger partial charge in [-0.05, 0) is 6.07 Å². The van der Waals surface area contributed by atoms with E-state index in [1.807, 2.05) is 0 Å². The molecule has 1 aliphatic heterocycles. The minimum atomic E-state index is -1.01. The molecule has 1 aromatic heterocycles. The van der Waals surface area contributed by atoms with Crippen LogP contribution < -0.4 is 0 Å². The average Bonchev–Trinajstić information content (AvgIpc) is 2.67. The van der Waals surface area contributed by atoms with Gasteiger partial charge in [0.15, 0.2) is 0 Å². The van der Waals surface area contributed by atoms with Crippen LogP contribution in [0, 0.1) is 0 Å². The molecule has 1 aromatic rings. The second-order valence-corrected chi connectivity index (χ2v) is 3.47. The molecule has 5 nitrogen and oxygen atoms in total. The summed E-state index contributed by atoms with van der Waals surface area (Å²) in [6, 6.07) is 1.71. The van der Waals surface area contributed by atoms with Crippen molar-refractivity contribution in [3.63, 3.8) is 0 Å². The summed E-state index contributed by atoms with van der Waals surface area (Å²) in [5, 5.41) is 8.85. The maximum absolute atomic E-state index is 10.8. The molecule has 0 aliphatic carbocycles. The Bertz CT molecular complexity index is 341. The first-order chi connectivity index (χ1) is 7.27. The van der Waals surface area contributed by atoms with Gasteiger partial charge in [0.05, 0.1) is 19.5 Å². The first-order valence-electron chi connectivity index (χ1n) is 4.87. The lowest BCUT2D eigenvalue weighted by atomic mass is 10.2. The number of morpholine rings is 1. The summed E-state index contributed by atoms with van der Waals surface area (Å²) in [6.07, 6.45) is 1.42. The molecule has 1 fully saturated rings. The summed E-state index contributed by atoms with van der Waals surface area (Å²) in [5.41, 5.74) is 0.726. The Balaban J connectivity index is 2.03. The van der Waals surface area contributed by atoms with Crippen molar-refractivity contribution in [1.29, 1.82) is 0 Å². The van der Waals surface area contributed by atoms with E-state index < -0.39 is 5.97 Å². The molecule has 15 heavy (non-hydrogen) atoms. The van der Waals surface area contributed by atoms with Crippen LogP contribution in [0.15, 0.2) is 16.7 Å². The smallest absolute Gasteiger partial charge is 0.372 e. The molecular weight excluding hydrogens is 198 g/mol. The molecule has 1 N–H and O–H groups in total. The summed E-state index contributed by atoms with van der Waals surface area (Å²) >= 11 is 0. The van der Waals surface area contributed by atoms with Gasteiger partial charge in [-0.15, -0.1) is 0 Å². The van der Waals surface area contributed by atoms with Gasteiger partial charge in [0, 0.05) is 25.2 Å². The number of carbonyl (C=O) groups is 1. The summed E-state index contributed by atoms with van der Waals surface area (Å²) in [5.74, 6) is -0.968. The van der Waals surface area contributed by atoms with Crippen LogP contribution in [-0.4, -0.2) is 42.3 Å². The lowest BCUT2D eigenvalue weighted by Gasteiger charge is -2.26. The predicted octanol–water partition coefficient (Wildman–Crippen LogP) is 0.810. The number of carboxylic acids is 1. The fourth-order valence-corrected chi connectivity index (χ4v) is 1.65. The predicted molar refractivity (Wildman–Crippen MR) is 51.8 cm³/mol. The van der Waals surface area contributed by atoms with Gasteiger partial charge in [-0.1, -0.05) is 0 Å². The number of hydrogen-bond donors (Lipinski definition) is 1. The molecule has 0 amide bonds. The molecule has 0 aromatic carbocycles. The Morgan fingerprint density at radius 1 is 1.47 bits per heavy atom. The average molecular weight is 211 g/mol. The van der Waals surface area contributed by atoms with Crippen molar-refractivity contribution < 1.29 is 19.1 Å². The van der Waals surface area contributed by atoms with E-state index in [0.717, 1.165) is 18.7 Å². The lowest BCUT2D eigenvalue weighted by Crippen LogP contribution is -2.35. The van der Waals surface area contributed by atoms with E-state index >= 15 is 0 Å². The number of rotatable bonds is 3. The Kier molecular flexibility index (Phi) is 3.03. The largest absolute Gasteiger partial charge is 0.475 e. The Hall–Kier alpha value is -1.33. The third kappa shape index (κ3) is 2.37. The van der Waals surface area contributed by atoms with E-state index in [1.165, 1.54) is 6.26 Å². The number of nitrogens with zero attached hydrogens (tertiary/aromatic N) is 1. The quantitative estimate of drug-likeness (QED) is 0.801. The number of carboxylic acid groups (broad SMARTS) is 1. The zero-order chi connectivity index (χ0) is 10.7. The van der Waals surface area contributed by atoms with E-state index in [-0.39, 0.29) is 5.76 Å². The third-order valence-corrected chi connectivity index (χ3v) is 2.44. The van der Waals surface area contributed by atoms with Gasteiger partial charge in [-0.25, -0.2) is 4.79 Å². The Labute approximate surface area is 87.2 Å². The zero-order valence-electron chi connectivity index (χ0n) is 8.31. The maximum atomic E-state index is 10.8. The highest BCUT2D eigenvalue weighted by Gasteiger charge is 2.17. The number of ether oxygens (including phenoxy) is 1. The number of hydrogen-bond acceptors (Lipinski definition) is 4. The lowest BCUT2D eigenvalue weighted by molar-refractivity contribution is 0.0337. The van der Waals surface area contributed by atoms with E-state index in [4.69, 9.17) is 14.3 Å². The molecular formula is C10H13NO4. The van der Waals surface area contributed by atoms with E-state index in [1.54, 1.807) is 6.07 Å². The zero-order valence-corrected chi connectivity index (χ0v) is 8.31. The van der Waals surface area contributed by atoms with Gasteiger partial charge in [-0.2, -0.15) is 0 Å². The van der Waals surface area contributed by atoms with Crippen molar-refractivity contribution in [2.24, 2.45) is 0 Å². The SMILES string of the molecule is O=C(O)c1occc1CN1CCOCC1. The molecule has 1 saturated heterocycles. The second-order valence-electron chi connectivity index (χ2n) is 3.47. The first-order valence-corrected chi connectivity index (χ1v) is 4.87. The van der Waals surface area contributed by atoms with Gasteiger partial charge in [0.2, 0.25) is 5.76 Å². The Morgan fingerprint density at radius 2 is 2.20 bits per heavy atom. The van der Waals surface area contributed by atoms with Gasteiger partial charge in [-0.3, -0.25) is 4.90 Å². The van der Waals surface area contributed by atoms with Gasteiger partial charge in [0.1, 0.15) is 0 Å².